The second-order valence-corrected chi connectivity index (χ2v) is 9.46. The molecule has 4 nitrogen and oxygen atoms in total. The molecule has 4 rings (SSSR count). The largest absolute Gasteiger partial charge is 0.293 e. The van der Waals surface area contributed by atoms with Crippen LogP contribution in [0.15, 0.2) is 75.5 Å². The van der Waals surface area contributed by atoms with Crippen LogP contribution in [0.1, 0.15) is 28.5 Å². The van der Waals surface area contributed by atoms with Crippen LogP contribution in [0.5, 0.6) is 0 Å². The van der Waals surface area contributed by atoms with Gasteiger partial charge in [0.05, 0.1) is 16.3 Å². The summed E-state index contributed by atoms with van der Waals surface area (Å²) < 4.78 is 1.75. The number of ketones is 1. The molecule has 2 heterocycles. The molecule has 0 saturated carbocycles. The van der Waals surface area contributed by atoms with E-state index in [2.05, 4.69) is 19.1 Å². The number of nitrogens with zero attached hydrogens (tertiary/aromatic N) is 2. The summed E-state index contributed by atoms with van der Waals surface area (Å²) in [6, 6.07) is 19.4. The lowest BCUT2D eigenvalue weighted by Crippen LogP contribution is -2.26. The molecule has 1 aromatic heterocycles. The van der Waals surface area contributed by atoms with E-state index in [1.54, 1.807) is 16.3 Å². The van der Waals surface area contributed by atoms with Crippen LogP contribution >= 0.6 is 23.5 Å². The number of carbonyl (C=O) groups excluding carboxylic acids is 1. The number of aryl methyl sites for hydroxylation is 1. The molecule has 3 aromatic rings. The number of thioether (sulfide) groups is 2. The summed E-state index contributed by atoms with van der Waals surface area (Å²) in [7, 11) is 0. The molecule has 0 amide bonds. The lowest BCUT2D eigenvalue weighted by molar-refractivity contribution is 0.102. The Morgan fingerprint density at radius 2 is 1.83 bits per heavy atom. The first-order valence-corrected chi connectivity index (χ1v) is 11.5. The molecule has 148 valence electrons. The summed E-state index contributed by atoms with van der Waals surface area (Å²) in [4.78, 5) is 31.3. The molecule has 0 bridgehead atoms. The molecule has 6 heteroatoms. The van der Waals surface area contributed by atoms with Crippen LogP contribution in [0.3, 0.4) is 0 Å². The van der Waals surface area contributed by atoms with Crippen LogP contribution in [-0.2, 0) is 19.4 Å². The maximum Gasteiger partial charge on any atom is 0.268 e. The Bertz CT molecular complexity index is 1070. The first-order valence-electron chi connectivity index (χ1n) is 9.67. The quantitative estimate of drug-likeness (QED) is 0.319. The zero-order chi connectivity index (χ0) is 20.2. The standard InChI is InChI=1S/C23H22N2O2S2/c1-16-14-19-21(29-16)22(27)25(13-12-17-8-4-2-5-9-17)23(24-19)28-15-20(26)18-10-6-3-7-11-18/h2-11,16H,12-15H2,1H3. The third kappa shape index (κ3) is 4.65. The molecule has 1 aliphatic heterocycles. The Labute approximate surface area is 178 Å². The fourth-order valence-electron chi connectivity index (χ4n) is 3.36. The molecule has 0 fully saturated rings. The monoisotopic (exact) mass is 422 g/mol. The van der Waals surface area contributed by atoms with Gasteiger partial charge in [-0.3, -0.25) is 14.2 Å². The van der Waals surface area contributed by atoms with Crippen molar-refractivity contribution >= 4 is 29.3 Å². The second-order valence-electron chi connectivity index (χ2n) is 7.07. The molecular weight excluding hydrogens is 400 g/mol. The molecule has 1 atom stereocenters. The first kappa shape index (κ1) is 20.0. The Balaban J connectivity index is 1.59. The highest BCUT2D eigenvalue weighted by molar-refractivity contribution is 8.00. The van der Waals surface area contributed by atoms with Gasteiger partial charge in [0.25, 0.3) is 5.56 Å². The zero-order valence-corrected chi connectivity index (χ0v) is 17.8. The highest BCUT2D eigenvalue weighted by Gasteiger charge is 2.26. The van der Waals surface area contributed by atoms with E-state index in [0.29, 0.717) is 22.5 Å². The Kier molecular flexibility index (Phi) is 6.21. The number of hydrogen-bond acceptors (Lipinski definition) is 5. The number of aromatic nitrogens is 2. The predicted molar refractivity (Wildman–Crippen MR) is 119 cm³/mol. The average Bonchev–Trinajstić information content (AvgIpc) is 3.13. The van der Waals surface area contributed by atoms with Crippen LogP contribution in [0, 0.1) is 0 Å². The summed E-state index contributed by atoms with van der Waals surface area (Å²) in [6.07, 6.45) is 1.55. The lowest BCUT2D eigenvalue weighted by Gasteiger charge is -2.13. The molecule has 2 aromatic carbocycles. The van der Waals surface area contributed by atoms with Crippen LogP contribution in [-0.4, -0.2) is 26.3 Å². The van der Waals surface area contributed by atoms with Gasteiger partial charge in [0.2, 0.25) is 0 Å². The normalized spacial score (nSPS) is 15.3. The van der Waals surface area contributed by atoms with Crippen molar-refractivity contribution in [1.29, 1.82) is 0 Å². The Morgan fingerprint density at radius 1 is 1.14 bits per heavy atom. The maximum absolute atomic E-state index is 13.2. The van der Waals surface area contributed by atoms with E-state index >= 15 is 0 Å². The number of hydrogen-bond donors (Lipinski definition) is 0. The molecule has 0 N–H and O–H groups in total. The van der Waals surface area contributed by atoms with Gasteiger partial charge in [-0.2, -0.15) is 0 Å². The van der Waals surface area contributed by atoms with E-state index in [1.165, 1.54) is 17.3 Å². The van der Waals surface area contributed by atoms with Gasteiger partial charge >= 0.3 is 0 Å². The van der Waals surface area contributed by atoms with Crippen molar-refractivity contribution in [3.05, 3.63) is 87.8 Å². The third-order valence-corrected chi connectivity index (χ3v) is 7.05. The van der Waals surface area contributed by atoms with Gasteiger partial charge < -0.3 is 0 Å². The molecular formula is C23H22N2O2S2. The van der Waals surface area contributed by atoms with E-state index in [0.717, 1.165) is 23.4 Å². The first-order chi connectivity index (χ1) is 14.1. The summed E-state index contributed by atoms with van der Waals surface area (Å²) in [5.41, 5.74) is 2.76. The molecule has 29 heavy (non-hydrogen) atoms. The molecule has 1 aliphatic rings. The lowest BCUT2D eigenvalue weighted by atomic mass is 10.1. The highest BCUT2D eigenvalue weighted by Crippen LogP contribution is 2.34. The van der Waals surface area contributed by atoms with Crippen molar-refractivity contribution < 1.29 is 4.79 Å². The number of Topliss-reactive ketones (excluding diaryl/α,β-unsaturated/α-hetero) is 1. The van der Waals surface area contributed by atoms with Gasteiger partial charge in [0.15, 0.2) is 10.9 Å². The summed E-state index contributed by atoms with van der Waals surface area (Å²) >= 11 is 2.97. The van der Waals surface area contributed by atoms with Crippen molar-refractivity contribution in [2.24, 2.45) is 0 Å². The molecule has 0 radical (unpaired) electrons. The van der Waals surface area contributed by atoms with E-state index in [9.17, 15) is 9.59 Å². The minimum Gasteiger partial charge on any atom is -0.293 e. The maximum atomic E-state index is 13.2. The van der Waals surface area contributed by atoms with E-state index in [4.69, 9.17) is 4.98 Å². The topological polar surface area (TPSA) is 52.0 Å². The van der Waals surface area contributed by atoms with Crippen molar-refractivity contribution in [3.8, 4) is 0 Å². The fourth-order valence-corrected chi connectivity index (χ4v) is 5.41. The van der Waals surface area contributed by atoms with Crippen LogP contribution in [0.25, 0.3) is 0 Å². The minimum absolute atomic E-state index is 0.0231. The molecule has 0 spiro atoms. The second kappa shape index (κ2) is 9.01. The van der Waals surface area contributed by atoms with Gasteiger partial charge in [0.1, 0.15) is 0 Å². The van der Waals surface area contributed by atoms with Gasteiger partial charge in [-0.25, -0.2) is 4.98 Å². The Hall–Kier alpha value is -2.31. The van der Waals surface area contributed by atoms with Gasteiger partial charge in [-0.05, 0) is 12.0 Å². The number of benzene rings is 2. The number of carbonyl (C=O) groups is 1. The third-order valence-electron chi connectivity index (χ3n) is 4.86. The smallest absolute Gasteiger partial charge is 0.268 e. The van der Waals surface area contributed by atoms with E-state index in [-0.39, 0.29) is 17.1 Å². The van der Waals surface area contributed by atoms with Crippen molar-refractivity contribution in [3.63, 3.8) is 0 Å². The fraction of sp³-hybridized carbons (Fsp3) is 0.261. The minimum atomic E-state index is 0.0231. The highest BCUT2D eigenvalue weighted by atomic mass is 32.2. The molecule has 0 aliphatic carbocycles. The molecule has 1 unspecified atom stereocenters. The SMILES string of the molecule is CC1Cc2nc(SCC(=O)c3ccccc3)n(CCc3ccccc3)c(=O)c2S1. The molecule has 0 saturated heterocycles. The van der Waals surface area contributed by atoms with E-state index < -0.39 is 0 Å². The summed E-state index contributed by atoms with van der Waals surface area (Å²) in [5.74, 6) is 0.311. The summed E-state index contributed by atoms with van der Waals surface area (Å²) in [6.45, 7) is 2.67. The summed E-state index contributed by atoms with van der Waals surface area (Å²) in [5, 5.41) is 1.00. The van der Waals surface area contributed by atoms with Gasteiger partial charge in [-0.1, -0.05) is 79.3 Å². The van der Waals surface area contributed by atoms with Crippen LogP contribution in [0.2, 0.25) is 0 Å². The van der Waals surface area contributed by atoms with Crippen LogP contribution in [0.4, 0.5) is 0 Å². The van der Waals surface area contributed by atoms with Crippen molar-refractivity contribution in [1.82, 2.24) is 9.55 Å². The zero-order valence-electron chi connectivity index (χ0n) is 16.2. The van der Waals surface area contributed by atoms with Gasteiger partial charge in [0, 0.05) is 23.8 Å². The van der Waals surface area contributed by atoms with Gasteiger partial charge in [-0.15, -0.1) is 11.8 Å². The van der Waals surface area contributed by atoms with Crippen molar-refractivity contribution in [2.75, 3.05) is 5.75 Å². The number of rotatable bonds is 7. The van der Waals surface area contributed by atoms with E-state index in [1.807, 2.05) is 48.5 Å². The van der Waals surface area contributed by atoms with Crippen molar-refractivity contribution in [2.45, 2.75) is 41.6 Å². The average molecular weight is 423 g/mol. The Morgan fingerprint density at radius 3 is 2.55 bits per heavy atom. The van der Waals surface area contributed by atoms with Crippen LogP contribution < -0.4 is 5.56 Å². The predicted octanol–water partition coefficient (Wildman–Crippen LogP) is 4.50. The number of fused-ring (bicyclic) bond motifs is 1.